The number of H-pyrrole nitrogens is 1. The van der Waals surface area contributed by atoms with Crippen LogP contribution in [0.2, 0.25) is 0 Å². The third kappa shape index (κ3) is 3.19. The summed E-state index contributed by atoms with van der Waals surface area (Å²) in [5.74, 6) is -0.116. The Kier molecular flexibility index (Phi) is 4.04. The van der Waals surface area contributed by atoms with Gasteiger partial charge >= 0.3 is 0 Å². The number of rotatable bonds is 4. The standard InChI is InChI=1S/C16H18N4O2S/c1-19(2)11-5-3-10(4-6-11)17-9-13-14(21)18-16(23)20(15(13)22)12-7-8-12/h3-6,9,12,22H,7-8H2,1-2H3,(H,18,21,23). The minimum atomic E-state index is -0.432. The van der Waals surface area contributed by atoms with Gasteiger partial charge in [-0.25, -0.2) is 0 Å². The highest BCUT2D eigenvalue weighted by Gasteiger charge is 2.27. The third-order valence-electron chi connectivity index (χ3n) is 3.77. The summed E-state index contributed by atoms with van der Waals surface area (Å²) in [5.41, 5.74) is 1.46. The molecule has 120 valence electrons. The van der Waals surface area contributed by atoms with Crippen molar-refractivity contribution in [2.75, 3.05) is 19.0 Å². The molecule has 0 radical (unpaired) electrons. The van der Waals surface area contributed by atoms with Gasteiger partial charge in [-0.3, -0.25) is 19.3 Å². The second-order valence-electron chi connectivity index (χ2n) is 5.77. The topological polar surface area (TPSA) is 73.6 Å². The van der Waals surface area contributed by atoms with E-state index in [1.165, 1.54) is 6.21 Å². The Balaban J connectivity index is 1.94. The molecule has 0 saturated heterocycles. The van der Waals surface area contributed by atoms with Gasteiger partial charge in [0.15, 0.2) is 4.77 Å². The Bertz CT molecular complexity index is 861. The number of anilines is 1. The fraction of sp³-hybridized carbons (Fsp3) is 0.312. The van der Waals surface area contributed by atoms with Gasteiger partial charge in [0.25, 0.3) is 5.56 Å². The van der Waals surface area contributed by atoms with E-state index in [2.05, 4.69) is 9.98 Å². The molecule has 0 aliphatic heterocycles. The van der Waals surface area contributed by atoms with Crippen LogP contribution in [0.25, 0.3) is 0 Å². The lowest BCUT2D eigenvalue weighted by Gasteiger charge is -2.11. The van der Waals surface area contributed by atoms with Crippen LogP contribution in [0.3, 0.4) is 0 Å². The van der Waals surface area contributed by atoms with Crippen molar-refractivity contribution in [3.8, 4) is 5.88 Å². The average molecular weight is 330 g/mol. The van der Waals surface area contributed by atoms with Crippen molar-refractivity contribution in [1.82, 2.24) is 9.55 Å². The van der Waals surface area contributed by atoms with Gasteiger partial charge in [-0.15, -0.1) is 0 Å². The quantitative estimate of drug-likeness (QED) is 0.668. The van der Waals surface area contributed by atoms with E-state index < -0.39 is 5.56 Å². The molecule has 1 aliphatic carbocycles. The molecule has 1 aliphatic rings. The van der Waals surface area contributed by atoms with E-state index in [-0.39, 0.29) is 22.3 Å². The molecule has 1 aromatic heterocycles. The van der Waals surface area contributed by atoms with Crippen LogP contribution in [-0.4, -0.2) is 35.0 Å². The van der Waals surface area contributed by atoms with E-state index in [0.29, 0.717) is 5.69 Å². The Morgan fingerprint density at radius 1 is 1.35 bits per heavy atom. The smallest absolute Gasteiger partial charge is 0.264 e. The van der Waals surface area contributed by atoms with Gasteiger partial charge in [0.2, 0.25) is 5.88 Å². The number of aliphatic imine (C=N–C) groups is 1. The Morgan fingerprint density at radius 3 is 2.57 bits per heavy atom. The molecule has 0 bridgehead atoms. The molecule has 0 spiro atoms. The van der Waals surface area contributed by atoms with Crippen molar-refractivity contribution in [2.24, 2.45) is 4.99 Å². The van der Waals surface area contributed by atoms with Crippen LogP contribution < -0.4 is 10.5 Å². The highest BCUT2D eigenvalue weighted by Crippen LogP contribution is 2.37. The molecular weight excluding hydrogens is 312 g/mol. The molecule has 7 heteroatoms. The highest BCUT2D eigenvalue weighted by molar-refractivity contribution is 7.71. The van der Waals surface area contributed by atoms with Gasteiger partial charge < -0.3 is 10.0 Å². The first-order valence-corrected chi connectivity index (χ1v) is 7.77. The first-order chi connectivity index (χ1) is 11.0. The first-order valence-electron chi connectivity index (χ1n) is 7.36. The molecule has 0 amide bonds. The predicted octanol–water partition coefficient (Wildman–Crippen LogP) is 2.76. The SMILES string of the molecule is CN(C)c1ccc(N=Cc2c(O)n(C3CC3)c(=S)[nH]c2=O)cc1. The molecule has 3 rings (SSSR count). The van der Waals surface area contributed by atoms with E-state index in [0.717, 1.165) is 18.5 Å². The van der Waals surface area contributed by atoms with Crippen LogP contribution in [0.15, 0.2) is 34.1 Å². The van der Waals surface area contributed by atoms with Crippen LogP contribution in [0.4, 0.5) is 11.4 Å². The lowest BCUT2D eigenvalue weighted by atomic mass is 10.2. The van der Waals surface area contributed by atoms with E-state index in [4.69, 9.17) is 12.2 Å². The lowest BCUT2D eigenvalue weighted by Crippen LogP contribution is -2.18. The van der Waals surface area contributed by atoms with Crippen molar-refractivity contribution in [1.29, 1.82) is 0 Å². The fourth-order valence-corrected chi connectivity index (χ4v) is 2.64. The highest BCUT2D eigenvalue weighted by atomic mass is 32.1. The van der Waals surface area contributed by atoms with E-state index in [1.54, 1.807) is 4.57 Å². The summed E-state index contributed by atoms with van der Waals surface area (Å²) >= 11 is 5.12. The minimum Gasteiger partial charge on any atom is -0.494 e. The van der Waals surface area contributed by atoms with Gasteiger partial charge in [-0.1, -0.05) is 0 Å². The van der Waals surface area contributed by atoms with Crippen molar-refractivity contribution in [2.45, 2.75) is 18.9 Å². The minimum absolute atomic E-state index is 0.116. The summed E-state index contributed by atoms with van der Waals surface area (Å²) in [7, 11) is 3.92. The summed E-state index contributed by atoms with van der Waals surface area (Å²) in [5, 5.41) is 10.3. The van der Waals surface area contributed by atoms with E-state index in [9.17, 15) is 9.90 Å². The first kappa shape index (κ1) is 15.5. The monoisotopic (exact) mass is 330 g/mol. The number of aromatic nitrogens is 2. The number of aromatic amines is 1. The zero-order chi connectivity index (χ0) is 16.6. The fourth-order valence-electron chi connectivity index (χ4n) is 2.32. The molecule has 0 unspecified atom stereocenters. The second kappa shape index (κ2) is 6.00. The van der Waals surface area contributed by atoms with Crippen molar-refractivity contribution >= 4 is 29.8 Å². The molecule has 1 fully saturated rings. The largest absolute Gasteiger partial charge is 0.494 e. The molecule has 2 aromatic rings. The number of benzene rings is 1. The Morgan fingerprint density at radius 2 is 2.00 bits per heavy atom. The summed E-state index contributed by atoms with van der Waals surface area (Å²) in [6.45, 7) is 0. The predicted molar refractivity (Wildman–Crippen MR) is 93.8 cm³/mol. The molecule has 0 atom stereocenters. The maximum atomic E-state index is 12.0. The van der Waals surface area contributed by atoms with Gasteiger partial charge in [-0.2, -0.15) is 0 Å². The summed E-state index contributed by atoms with van der Waals surface area (Å²) in [4.78, 5) is 20.9. The van der Waals surface area contributed by atoms with Crippen molar-refractivity contribution < 1.29 is 5.11 Å². The molecule has 2 N–H and O–H groups in total. The summed E-state index contributed by atoms with van der Waals surface area (Å²) < 4.78 is 1.84. The van der Waals surface area contributed by atoms with Crippen molar-refractivity contribution in [3.05, 3.63) is 45.0 Å². The second-order valence-corrected chi connectivity index (χ2v) is 6.15. The summed E-state index contributed by atoms with van der Waals surface area (Å²) in [6, 6.07) is 7.76. The Labute approximate surface area is 138 Å². The maximum Gasteiger partial charge on any atom is 0.264 e. The number of nitrogens with one attached hydrogen (secondary N) is 1. The van der Waals surface area contributed by atoms with Gasteiger partial charge in [0, 0.05) is 32.0 Å². The zero-order valence-electron chi connectivity index (χ0n) is 13.0. The van der Waals surface area contributed by atoms with Crippen molar-refractivity contribution in [3.63, 3.8) is 0 Å². The number of hydrogen-bond acceptors (Lipinski definition) is 5. The van der Waals surface area contributed by atoms with E-state index in [1.807, 2.05) is 43.3 Å². The van der Waals surface area contributed by atoms with Gasteiger partial charge in [0.1, 0.15) is 5.56 Å². The lowest BCUT2D eigenvalue weighted by molar-refractivity contribution is 0.405. The number of aromatic hydroxyl groups is 1. The zero-order valence-corrected chi connectivity index (χ0v) is 13.8. The molecule has 23 heavy (non-hydrogen) atoms. The molecule has 1 aromatic carbocycles. The maximum absolute atomic E-state index is 12.0. The third-order valence-corrected chi connectivity index (χ3v) is 4.07. The number of hydrogen-bond donors (Lipinski definition) is 2. The number of nitrogens with zero attached hydrogens (tertiary/aromatic N) is 3. The van der Waals surface area contributed by atoms with Crippen LogP contribution in [0, 0.1) is 4.77 Å². The summed E-state index contributed by atoms with van der Waals surface area (Å²) in [6.07, 6.45) is 3.29. The molecule has 1 saturated carbocycles. The van der Waals surface area contributed by atoms with Gasteiger partial charge in [0.05, 0.1) is 5.69 Å². The Hall–Kier alpha value is -2.41. The van der Waals surface area contributed by atoms with Gasteiger partial charge in [-0.05, 0) is 49.3 Å². The van der Waals surface area contributed by atoms with Crippen LogP contribution in [0.1, 0.15) is 24.4 Å². The van der Waals surface area contributed by atoms with Crippen LogP contribution in [-0.2, 0) is 0 Å². The van der Waals surface area contributed by atoms with E-state index >= 15 is 0 Å². The molecular formula is C16H18N4O2S. The normalized spacial score (nSPS) is 14.3. The molecule has 1 heterocycles. The van der Waals surface area contributed by atoms with Crippen LogP contribution >= 0.6 is 12.2 Å². The average Bonchev–Trinajstić information content (AvgIpc) is 3.31. The van der Waals surface area contributed by atoms with Crippen LogP contribution in [0.5, 0.6) is 5.88 Å². The molecule has 6 nitrogen and oxygen atoms in total.